The summed E-state index contributed by atoms with van der Waals surface area (Å²) in [5.74, 6) is -0.132. The SMILES string of the molecule is O=C(NCCSCc1c(F)cccc1Cl)C1CCCN(S(=O)(=O)Cc2ccc(Cl)c(Cl)c2)C1. The van der Waals surface area contributed by atoms with Crippen LogP contribution in [0.3, 0.4) is 0 Å². The lowest BCUT2D eigenvalue weighted by atomic mass is 9.99. The maximum atomic E-state index is 13.8. The van der Waals surface area contributed by atoms with Crippen LogP contribution in [0.25, 0.3) is 0 Å². The summed E-state index contributed by atoms with van der Waals surface area (Å²) in [6.45, 7) is 0.933. The highest BCUT2D eigenvalue weighted by molar-refractivity contribution is 7.98. The predicted octanol–water partition coefficient (Wildman–Crippen LogP) is 5.38. The maximum absolute atomic E-state index is 13.8. The average molecular weight is 554 g/mol. The number of benzene rings is 2. The van der Waals surface area contributed by atoms with Gasteiger partial charge in [-0.2, -0.15) is 11.8 Å². The number of hydrogen-bond acceptors (Lipinski definition) is 4. The number of amides is 1. The fourth-order valence-corrected chi connectivity index (χ4v) is 6.69. The lowest BCUT2D eigenvalue weighted by Crippen LogP contribution is -2.46. The highest BCUT2D eigenvalue weighted by Gasteiger charge is 2.32. The summed E-state index contributed by atoms with van der Waals surface area (Å²) in [5, 5.41) is 3.91. The van der Waals surface area contributed by atoms with E-state index in [2.05, 4.69) is 5.32 Å². The molecule has 0 saturated carbocycles. The quantitative estimate of drug-likeness (QED) is 0.424. The van der Waals surface area contributed by atoms with Crippen molar-refractivity contribution in [2.75, 3.05) is 25.4 Å². The second-order valence-electron chi connectivity index (χ2n) is 7.75. The Morgan fingerprint density at radius 1 is 1.15 bits per heavy atom. The van der Waals surface area contributed by atoms with E-state index < -0.39 is 15.9 Å². The summed E-state index contributed by atoms with van der Waals surface area (Å²) < 4.78 is 40.9. The molecule has 1 atom stereocenters. The van der Waals surface area contributed by atoms with Crippen LogP contribution < -0.4 is 5.32 Å². The van der Waals surface area contributed by atoms with Gasteiger partial charge in [0.15, 0.2) is 0 Å². The van der Waals surface area contributed by atoms with Gasteiger partial charge in [0, 0.05) is 41.7 Å². The first-order valence-corrected chi connectivity index (χ1v) is 14.3. The van der Waals surface area contributed by atoms with Gasteiger partial charge in [-0.05, 0) is 42.7 Å². The fourth-order valence-electron chi connectivity index (χ4n) is 3.58. The van der Waals surface area contributed by atoms with Crippen LogP contribution in [0, 0.1) is 11.7 Å². The Balaban J connectivity index is 1.47. The van der Waals surface area contributed by atoms with Crippen LogP contribution in [0.15, 0.2) is 36.4 Å². The number of nitrogens with one attached hydrogen (secondary N) is 1. The van der Waals surface area contributed by atoms with Crippen molar-refractivity contribution in [3.8, 4) is 0 Å². The molecule has 2 aromatic rings. The monoisotopic (exact) mass is 552 g/mol. The van der Waals surface area contributed by atoms with Crippen molar-refractivity contribution in [1.29, 1.82) is 0 Å². The van der Waals surface area contributed by atoms with E-state index in [1.807, 2.05) is 0 Å². The van der Waals surface area contributed by atoms with Gasteiger partial charge < -0.3 is 5.32 Å². The van der Waals surface area contributed by atoms with Crippen molar-refractivity contribution in [3.63, 3.8) is 0 Å². The topological polar surface area (TPSA) is 66.5 Å². The summed E-state index contributed by atoms with van der Waals surface area (Å²) in [5.41, 5.74) is 0.994. The third-order valence-electron chi connectivity index (χ3n) is 5.34. The normalized spacial score (nSPS) is 17.2. The number of sulfonamides is 1. The highest BCUT2D eigenvalue weighted by Crippen LogP contribution is 2.26. The molecule has 1 aliphatic heterocycles. The zero-order valence-corrected chi connectivity index (χ0v) is 21.6. The Labute approximate surface area is 213 Å². The van der Waals surface area contributed by atoms with Crippen molar-refractivity contribution in [2.45, 2.75) is 24.3 Å². The molecule has 2 aromatic carbocycles. The summed E-state index contributed by atoms with van der Waals surface area (Å²) >= 11 is 19.4. The molecule has 1 unspecified atom stereocenters. The van der Waals surface area contributed by atoms with Gasteiger partial charge in [-0.25, -0.2) is 17.1 Å². The van der Waals surface area contributed by atoms with Gasteiger partial charge in [-0.1, -0.05) is 46.9 Å². The lowest BCUT2D eigenvalue weighted by Gasteiger charge is -2.31. The summed E-state index contributed by atoms with van der Waals surface area (Å²) in [7, 11) is -3.60. The third-order valence-corrected chi connectivity index (χ3v) is 9.23. The van der Waals surface area contributed by atoms with Crippen molar-refractivity contribution in [3.05, 3.63) is 68.4 Å². The van der Waals surface area contributed by atoms with E-state index in [9.17, 15) is 17.6 Å². The van der Waals surface area contributed by atoms with Crippen molar-refractivity contribution < 1.29 is 17.6 Å². The third kappa shape index (κ3) is 7.47. The van der Waals surface area contributed by atoms with Gasteiger partial charge in [-0.3, -0.25) is 4.79 Å². The van der Waals surface area contributed by atoms with E-state index in [1.165, 1.54) is 22.1 Å². The number of hydrogen-bond donors (Lipinski definition) is 1. The van der Waals surface area contributed by atoms with E-state index in [0.717, 1.165) is 0 Å². The average Bonchev–Trinajstić information content (AvgIpc) is 2.77. The Kier molecular flexibility index (Phi) is 9.73. The molecular formula is C22H24Cl3FN2O3S2. The first-order chi connectivity index (χ1) is 15.7. The molecule has 1 saturated heterocycles. The van der Waals surface area contributed by atoms with Gasteiger partial charge in [-0.15, -0.1) is 0 Å². The zero-order chi connectivity index (χ0) is 24.0. The fraction of sp³-hybridized carbons (Fsp3) is 0.409. The molecule has 11 heteroatoms. The van der Waals surface area contributed by atoms with E-state index >= 15 is 0 Å². The molecule has 0 bridgehead atoms. The number of carbonyl (C=O) groups is 1. The van der Waals surface area contributed by atoms with Crippen LogP contribution in [-0.4, -0.2) is 44.0 Å². The molecule has 5 nitrogen and oxygen atoms in total. The molecule has 1 aliphatic rings. The Morgan fingerprint density at radius 2 is 1.94 bits per heavy atom. The van der Waals surface area contributed by atoms with Gasteiger partial charge in [0.05, 0.1) is 21.7 Å². The Bertz CT molecular complexity index is 1080. The maximum Gasteiger partial charge on any atom is 0.224 e. The predicted molar refractivity (Wildman–Crippen MR) is 134 cm³/mol. The van der Waals surface area contributed by atoms with Crippen LogP contribution >= 0.6 is 46.6 Å². The largest absolute Gasteiger partial charge is 0.355 e. The first-order valence-electron chi connectivity index (χ1n) is 10.4. The molecular weight excluding hydrogens is 530 g/mol. The molecule has 1 heterocycles. The van der Waals surface area contributed by atoms with Gasteiger partial charge in [0.2, 0.25) is 15.9 Å². The molecule has 0 aliphatic carbocycles. The zero-order valence-electron chi connectivity index (χ0n) is 17.7. The lowest BCUT2D eigenvalue weighted by molar-refractivity contribution is -0.125. The minimum atomic E-state index is -3.60. The van der Waals surface area contributed by atoms with Crippen LogP contribution in [0.5, 0.6) is 0 Å². The number of thioether (sulfide) groups is 1. The summed E-state index contributed by atoms with van der Waals surface area (Å²) in [6.07, 6.45) is 1.24. The molecule has 1 N–H and O–H groups in total. The molecule has 1 fully saturated rings. The van der Waals surface area contributed by atoms with Crippen LogP contribution in [-0.2, 0) is 26.3 Å². The number of nitrogens with zero attached hydrogens (tertiary/aromatic N) is 1. The van der Waals surface area contributed by atoms with Crippen LogP contribution in [0.2, 0.25) is 15.1 Å². The number of halogens is 4. The second-order valence-corrected chi connectivity index (χ2v) is 12.0. The molecule has 0 aromatic heterocycles. The Morgan fingerprint density at radius 3 is 2.67 bits per heavy atom. The molecule has 33 heavy (non-hydrogen) atoms. The summed E-state index contributed by atoms with van der Waals surface area (Å²) in [6, 6.07) is 9.32. The number of rotatable bonds is 9. The van der Waals surface area contributed by atoms with Gasteiger partial charge in [0.25, 0.3) is 0 Å². The molecule has 3 rings (SSSR count). The molecule has 1 amide bonds. The van der Waals surface area contributed by atoms with E-state index in [-0.39, 0.29) is 24.0 Å². The van der Waals surface area contributed by atoms with E-state index in [0.29, 0.717) is 63.6 Å². The minimum Gasteiger partial charge on any atom is -0.355 e. The van der Waals surface area contributed by atoms with Gasteiger partial charge in [0.1, 0.15) is 5.82 Å². The molecule has 180 valence electrons. The number of piperidine rings is 1. The van der Waals surface area contributed by atoms with E-state index in [4.69, 9.17) is 34.8 Å². The highest BCUT2D eigenvalue weighted by atomic mass is 35.5. The first kappa shape index (κ1) is 26.6. The smallest absolute Gasteiger partial charge is 0.224 e. The molecule has 0 spiro atoms. The minimum absolute atomic E-state index is 0.146. The van der Waals surface area contributed by atoms with E-state index in [1.54, 1.807) is 30.3 Å². The van der Waals surface area contributed by atoms with Crippen molar-refractivity contribution in [2.24, 2.45) is 5.92 Å². The summed E-state index contributed by atoms with van der Waals surface area (Å²) in [4.78, 5) is 12.6. The molecule has 0 radical (unpaired) electrons. The second kappa shape index (κ2) is 12.1. The van der Waals surface area contributed by atoms with Crippen LogP contribution in [0.1, 0.15) is 24.0 Å². The van der Waals surface area contributed by atoms with Gasteiger partial charge >= 0.3 is 0 Å². The van der Waals surface area contributed by atoms with Crippen LogP contribution in [0.4, 0.5) is 4.39 Å². The standard InChI is InChI=1S/C22H24Cl3FN2O3S2/c23-18-4-1-5-21(26)17(18)13-32-10-8-27-22(29)16-3-2-9-28(12-16)33(30,31)14-15-6-7-19(24)20(25)11-15/h1,4-7,11,16H,2-3,8-10,12-14H2,(H,27,29). The Hall–Kier alpha value is -1.03. The van der Waals surface area contributed by atoms with Crippen molar-refractivity contribution in [1.82, 2.24) is 9.62 Å². The number of carbonyl (C=O) groups excluding carboxylic acids is 1. The van der Waals surface area contributed by atoms with Crippen molar-refractivity contribution >= 4 is 62.5 Å².